The van der Waals surface area contributed by atoms with Crippen LogP contribution in [0.3, 0.4) is 0 Å². The van der Waals surface area contributed by atoms with Gasteiger partial charge in [0.2, 0.25) is 0 Å². The van der Waals surface area contributed by atoms with Crippen LogP contribution in [0.1, 0.15) is 10.4 Å². The Morgan fingerprint density at radius 2 is 2.27 bits per heavy atom. The second kappa shape index (κ2) is 5.58. The number of nitrogens with one attached hydrogen (secondary N) is 1. The van der Waals surface area contributed by atoms with E-state index >= 15 is 0 Å². The van der Waals surface area contributed by atoms with Crippen molar-refractivity contribution in [2.45, 2.75) is 4.90 Å². The van der Waals surface area contributed by atoms with Crippen LogP contribution in [0.5, 0.6) is 0 Å². The van der Waals surface area contributed by atoms with Gasteiger partial charge in [-0.25, -0.2) is 0 Å². The monoisotopic (exact) mass is 305 g/mol. The number of carbonyl (C=O) groups is 1. The lowest BCUT2D eigenvalue weighted by Gasteiger charge is -2.06. The number of thiol groups is 1. The number of hydrogen-bond donors (Lipinski definition) is 2. The Labute approximate surface area is 107 Å². The highest BCUT2D eigenvalue weighted by molar-refractivity contribution is 9.11. The minimum Gasteiger partial charge on any atom is -0.347 e. The normalized spacial score (nSPS) is 9.80. The van der Waals surface area contributed by atoms with Gasteiger partial charge in [0.05, 0.1) is 10.6 Å². The molecule has 1 rings (SSSR count). The third-order valence-electron chi connectivity index (χ3n) is 1.64. The molecular weight excluding hydrogens is 298 g/mol. The lowest BCUT2D eigenvalue weighted by molar-refractivity contribution is 0.0957. The van der Waals surface area contributed by atoms with Gasteiger partial charge in [0.15, 0.2) is 0 Å². The van der Waals surface area contributed by atoms with Gasteiger partial charge in [0.1, 0.15) is 0 Å². The van der Waals surface area contributed by atoms with Crippen LogP contribution < -0.4 is 5.32 Å². The van der Waals surface area contributed by atoms with Gasteiger partial charge in [0.25, 0.3) is 5.91 Å². The molecule has 80 valence electrons. The van der Waals surface area contributed by atoms with Gasteiger partial charge in [-0.3, -0.25) is 4.79 Å². The van der Waals surface area contributed by atoms with Crippen LogP contribution in [0.15, 0.2) is 34.2 Å². The second-order valence-corrected chi connectivity index (χ2v) is 4.91. The second-order valence-electron chi connectivity index (χ2n) is 2.86. The number of halogens is 2. The van der Waals surface area contributed by atoms with E-state index in [1.807, 2.05) is 0 Å². The van der Waals surface area contributed by atoms with Crippen LogP contribution in [-0.2, 0) is 0 Å². The minimum atomic E-state index is -0.239. The molecule has 0 saturated heterocycles. The number of rotatable bonds is 3. The Balaban J connectivity index is 2.81. The molecule has 0 radical (unpaired) electrons. The molecule has 1 N–H and O–H groups in total. The first-order valence-corrected chi connectivity index (χ1v) is 5.72. The Bertz CT molecular complexity index is 408. The van der Waals surface area contributed by atoms with Crippen LogP contribution in [-0.4, -0.2) is 12.5 Å². The number of amides is 1. The van der Waals surface area contributed by atoms with Gasteiger partial charge < -0.3 is 5.32 Å². The van der Waals surface area contributed by atoms with Crippen LogP contribution in [0.4, 0.5) is 0 Å². The third kappa shape index (κ3) is 3.89. The predicted octanol–water partition coefficient (Wildman–Crippen LogP) is 3.27. The van der Waals surface area contributed by atoms with Gasteiger partial charge in [-0.05, 0) is 18.2 Å². The predicted molar refractivity (Wildman–Crippen MR) is 69.1 cm³/mol. The Hall–Kier alpha value is -0.450. The molecule has 0 aliphatic rings. The van der Waals surface area contributed by atoms with Gasteiger partial charge >= 0.3 is 0 Å². The first-order chi connectivity index (χ1) is 7.00. The summed E-state index contributed by atoms with van der Waals surface area (Å²) >= 11 is 13.2. The molecule has 0 bridgehead atoms. The zero-order chi connectivity index (χ0) is 11.4. The first-order valence-electron chi connectivity index (χ1n) is 4.10. The highest BCUT2D eigenvalue weighted by Crippen LogP contribution is 2.19. The standard InChI is InChI=1S/C10H9BrClNOS/c1-6(11)5-13-10(14)8-4-7(15)2-3-9(8)12/h2-4,15H,1,5H2,(H,13,14). The van der Waals surface area contributed by atoms with E-state index in [-0.39, 0.29) is 5.91 Å². The summed E-state index contributed by atoms with van der Waals surface area (Å²) in [5, 5.41) is 3.07. The van der Waals surface area contributed by atoms with E-state index in [9.17, 15) is 4.79 Å². The SMILES string of the molecule is C=C(Br)CNC(=O)c1cc(S)ccc1Cl. The Morgan fingerprint density at radius 1 is 1.60 bits per heavy atom. The summed E-state index contributed by atoms with van der Waals surface area (Å²) in [5.41, 5.74) is 0.415. The molecule has 1 amide bonds. The molecule has 0 aliphatic carbocycles. The molecular formula is C10H9BrClNOS. The summed E-state index contributed by atoms with van der Waals surface area (Å²) < 4.78 is 0.703. The zero-order valence-electron chi connectivity index (χ0n) is 7.76. The fourth-order valence-electron chi connectivity index (χ4n) is 0.959. The first kappa shape index (κ1) is 12.6. The van der Waals surface area contributed by atoms with Gasteiger partial charge in [-0.15, -0.1) is 12.6 Å². The average Bonchev–Trinajstić information content (AvgIpc) is 2.18. The molecule has 1 aromatic rings. The zero-order valence-corrected chi connectivity index (χ0v) is 11.0. The lowest BCUT2D eigenvalue weighted by Crippen LogP contribution is -2.24. The number of benzene rings is 1. The van der Waals surface area contributed by atoms with Crippen molar-refractivity contribution in [2.75, 3.05) is 6.54 Å². The average molecular weight is 307 g/mol. The van der Waals surface area contributed by atoms with Crippen LogP contribution >= 0.6 is 40.2 Å². The van der Waals surface area contributed by atoms with Gasteiger partial charge in [-0.1, -0.05) is 34.1 Å². The van der Waals surface area contributed by atoms with E-state index in [2.05, 4.69) is 40.5 Å². The van der Waals surface area contributed by atoms with Gasteiger partial charge in [0, 0.05) is 15.9 Å². The van der Waals surface area contributed by atoms with E-state index in [0.717, 1.165) is 0 Å². The van der Waals surface area contributed by atoms with E-state index in [0.29, 0.717) is 26.5 Å². The summed E-state index contributed by atoms with van der Waals surface area (Å²) in [6.07, 6.45) is 0. The van der Waals surface area contributed by atoms with Crippen molar-refractivity contribution in [1.82, 2.24) is 5.32 Å². The highest BCUT2D eigenvalue weighted by Gasteiger charge is 2.09. The molecule has 5 heteroatoms. The molecule has 0 fully saturated rings. The van der Waals surface area contributed by atoms with Crippen molar-refractivity contribution in [3.8, 4) is 0 Å². The van der Waals surface area contributed by atoms with Gasteiger partial charge in [-0.2, -0.15) is 0 Å². The summed E-state index contributed by atoms with van der Waals surface area (Å²) in [6, 6.07) is 4.99. The molecule has 2 nitrogen and oxygen atoms in total. The molecule has 0 aromatic heterocycles. The maximum atomic E-state index is 11.6. The summed E-state index contributed by atoms with van der Waals surface area (Å²) in [7, 11) is 0. The molecule has 1 aromatic carbocycles. The fourth-order valence-corrected chi connectivity index (χ4v) is 1.51. The molecule has 15 heavy (non-hydrogen) atoms. The highest BCUT2D eigenvalue weighted by atomic mass is 79.9. The van der Waals surface area contributed by atoms with Crippen LogP contribution in [0, 0.1) is 0 Å². The molecule has 0 spiro atoms. The summed E-state index contributed by atoms with van der Waals surface area (Å²) in [6.45, 7) is 3.98. The molecule has 0 aliphatic heterocycles. The molecule has 0 heterocycles. The van der Waals surface area contributed by atoms with Crippen LogP contribution in [0.25, 0.3) is 0 Å². The van der Waals surface area contributed by atoms with Crippen molar-refractivity contribution >= 4 is 46.1 Å². The fraction of sp³-hybridized carbons (Fsp3) is 0.100. The molecule has 0 saturated carbocycles. The quantitative estimate of drug-likeness (QED) is 0.825. The maximum Gasteiger partial charge on any atom is 0.253 e. The summed E-state index contributed by atoms with van der Waals surface area (Å²) in [4.78, 5) is 12.3. The van der Waals surface area contributed by atoms with Crippen molar-refractivity contribution in [1.29, 1.82) is 0 Å². The van der Waals surface area contributed by atoms with Crippen LogP contribution in [0.2, 0.25) is 5.02 Å². The molecule has 0 atom stereocenters. The van der Waals surface area contributed by atoms with Crippen molar-refractivity contribution in [2.24, 2.45) is 0 Å². The largest absolute Gasteiger partial charge is 0.347 e. The van der Waals surface area contributed by atoms with E-state index in [1.54, 1.807) is 18.2 Å². The maximum absolute atomic E-state index is 11.6. The Kier molecular flexibility index (Phi) is 4.70. The lowest BCUT2D eigenvalue weighted by atomic mass is 10.2. The topological polar surface area (TPSA) is 29.1 Å². The Morgan fingerprint density at radius 3 is 2.87 bits per heavy atom. The van der Waals surface area contributed by atoms with E-state index < -0.39 is 0 Å². The number of hydrogen-bond acceptors (Lipinski definition) is 2. The minimum absolute atomic E-state index is 0.239. The van der Waals surface area contributed by atoms with E-state index in [1.165, 1.54) is 0 Å². The van der Waals surface area contributed by atoms with Crippen molar-refractivity contribution < 1.29 is 4.79 Å². The van der Waals surface area contributed by atoms with Crippen molar-refractivity contribution in [3.05, 3.63) is 39.8 Å². The third-order valence-corrected chi connectivity index (χ3v) is 2.52. The van der Waals surface area contributed by atoms with E-state index in [4.69, 9.17) is 11.6 Å². The smallest absolute Gasteiger partial charge is 0.253 e. The molecule has 0 unspecified atom stereocenters. The summed E-state index contributed by atoms with van der Waals surface area (Å²) in [5.74, 6) is -0.239. The van der Waals surface area contributed by atoms with Crippen molar-refractivity contribution in [3.63, 3.8) is 0 Å². The number of carbonyl (C=O) groups excluding carboxylic acids is 1.